The molecule has 1 saturated heterocycles. The quantitative estimate of drug-likeness (QED) is 0.264. The SMILES string of the molecule is CCC1CC2C(c3ccc(C(F)(F)F)cc3)=CC=CC2C1[Si](C)(C)N1CC[N-]CC1.[CH3-].[Cl][Ti][Cl]. The van der Waals surface area contributed by atoms with Crippen molar-refractivity contribution in [1.82, 2.24) is 4.57 Å². The van der Waals surface area contributed by atoms with Crippen LogP contribution in [0.15, 0.2) is 42.5 Å². The number of hydrogen-bond donors (Lipinski definition) is 0. The first-order valence-electron chi connectivity index (χ1n) is 11.6. The number of halogens is 5. The molecule has 0 amide bonds. The first kappa shape index (κ1) is 30.1. The molecule has 9 heteroatoms. The Balaban J connectivity index is 0.000000970. The van der Waals surface area contributed by atoms with Crippen molar-refractivity contribution in [1.29, 1.82) is 0 Å². The maximum absolute atomic E-state index is 13.0. The van der Waals surface area contributed by atoms with Gasteiger partial charge in [0.05, 0.1) is 5.56 Å². The molecular formula is C25H35Cl2F3N2SiTi-2. The topological polar surface area (TPSA) is 17.3 Å². The molecule has 4 unspecified atom stereocenters. The number of benzene rings is 1. The van der Waals surface area contributed by atoms with E-state index < -0.39 is 37.0 Å². The molecule has 4 rings (SSSR count). The van der Waals surface area contributed by atoms with Gasteiger partial charge in [-0.25, -0.2) is 0 Å². The summed E-state index contributed by atoms with van der Waals surface area (Å²) in [6, 6.07) is 5.77. The van der Waals surface area contributed by atoms with Gasteiger partial charge in [0, 0.05) is 0 Å². The second-order valence-corrected chi connectivity index (χ2v) is 16.8. The molecule has 0 spiro atoms. The normalized spacial score (nSPS) is 27.1. The molecule has 0 aromatic heterocycles. The summed E-state index contributed by atoms with van der Waals surface area (Å²) in [6.45, 7) is 11.4. The first-order valence-corrected chi connectivity index (χ1v) is 18.9. The third kappa shape index (κ3) is 6.62. The third-order valence-electron chi connectivity index (χ3n) is 7.71. The van der Waals surface area contributed by atoms with Crippen LogP contribution >= 0.6 is 18.6 Å². The molecular weight excluding hydrogens is 532 g/mol. The average Bonchev–Trinajstić information content (AvgIpc) is 3.19. The second-order valence-electron chi connectivity index (χ2n) is 9.58. The Morgan fingerprint density at radius 1 is 1.12 bits per heavy atom. The molecule has 0 N–H and O–H groups in total. The predicted molar refractivity (Wildman–Crippen MR) is 138 cm³/mol. The van der Waals surface area contributed by atoms with Crippen LogP contribution in [0.4, 0.5) is 13.2 Å². The Morgan fingerprint density at radius 2 is 1.71 bits per heavy atom. The van der Waals surface area contributed by atoms with E-state index in [1.807, 2.05) is 0 Å². The van der Waals surface area contributed by atoms with E-state index in [9.17, 15) is 13.2 Å². The molecule has 4 atom stereocenters. The zero-order valence-electron chi connectivity index (χ0n) is 20.4. The fraction of sp³-hybridized carbons (Fsp3) is 0.560. The van der Waals surface area contributed by atoms with Gasteiger partial charge in [-0.15, -0.1) is 13.1 Å². The summed E-state index contributed by atoms with van der Waals surface area (Å²) >= 11 is -0.556. The van der Waals surface area contributed by atoms with Gasteiger partial charge >= 0.3 is 41.8 Å². The number of rotatable bonds is 4. The van der Waals surface area contributed by atoms with Crippen molar-refractivity contribution in [3.8, 4) is 0 Å². The number of fused-ring (bicyclic) bond motifs is 1. The molecule has 190 valence electrons. The molecule has 1 saturated carbocycles. The van der Waals surface area contributed by atoms with Crippen LogP contribution in [0.2, 0.25) is 18.6 Å². The molecule has 34 heavy (non-hydrogen) atoms. The van der Waals surface area contributed by atoms with Gasteiger partial charge in [0.2, 0.25) is 0 Å². The Morgan fingerprint density at radius 3 is 2.24 bits per heavy atom. The Kier molecular flexibility index (Phi) is 11.5. The van der Waals surface area contributed by atoms with Crippen LogP contribution in [0.5, 0.6) is 0 Å². The zero-order valence-corrected chi connectivity index (χ0v) is 24.5. The van der Waals surface area contributed by atoms with E-state index in [-0.39, 0.29) is 7.43 Å². The number of alkyl halides is 3. The molecule has 1 aliphatic heterocycles. The number of nitrogens with zero attached hydrogens (tertiary/aromatic N) is 2. The van der Waals surface area contributed by atoms with Gasteiger partial charge in [0.25, 0.3) is 0 Å². The summed E-state index contributed by atoms with van der Waals surface area (Å²) in [5.41, 5.74) is 2.25. The molecule has 3 aliphatic rings. The number of hydrogen-bond acceptors (Lipinski definition) is 1. The molecule has 2 fully saturated rings. The monoisotopic (exact) mass is 566 g/mol. The summed E-state index contributed by atoms with van der Waals surface area (Å²) in [5.74, 6) is 1.56. The van der Waals surface area contributed by atoms with Crippen LogP contribution in [-0.4, -0.2) is 39.0 Å². The number of piperazine rings is 1. The van der Waals surface area contributed by atoms with Crippen molar-refractivity contribution in [2.75, 3.05) is 26.2 Å². The minimum absolute atomic E-state index is 0. The van der Waals surface area contributed by atoms with Crippen LogP contribution in [0, 0.1) is 25.2 Å². The van der Waals surface area contributed by atoms with Crippen molar-refractivity contribution < 1.29 is 30.2 Å². The van der Waals surface area contributed by atoms with E-state index in [0.29, 0.717) is 23.3 Å². The van der Waals surface area contributed by atoms with E-state index >= 15 is 0 Å². The Bertz CT molecular complexity index is 840. The summed E-state index contributed by atoms with van der Waals surface area (Å²) in [4.78, 5) is 0. The fourth-order valence-corrected chi connectivity index (χ4v) is 10.8. The minimum atomic E-state index is -4.29. The van der Waals surface area contributed by atoms with Gasteiger partial charge < -0.3 is 17.3 Å². The van der Waals surface area contributed by atoms with Crippen molar-refractivity contribution in [2.45, 2.75) is 44.6 Å². The summed E-state index contributed by atoms with van der Waals surface area (Å²) in [7, 11) is 8.10. The Hall–Kier alpha value is -0.0788. The van der Waals surface area contributed by atoms with Gasteiger partial charge in [-0.3, -0.25) is 0 Å². The van der Waals surface area contributed by atoms with E-state index in [4.69, 9.17) is 18.6 Å². The van der Waals surface area contributed by atoms with Gasteiger partial charge in [0.15, 0.2) is 0 Å². The van der Waals surface area contributed by atoms with E-state index in [1.165, 1.54) is 24.1 Å². The molecule has 2 nitrogen and oxygen atoms in total. The van der Waals surface area contributed by atoms with E-state index in [0.717, 1.165) is 38.2 Å². The summed E-state index contributed by atoms with van der Waals surface area (Å²) in [5, 5.41) is 4.54. The molecule has 2 aliphatic carbocycles. The molecule has 1 aromatic carbocycles. The van der Waals surface area contributed by atoms with E-state index in [1.54, 1.807) is 12.1 Å². The van der Waals surface area contributed by atoms with Gasteiger partial charge in [-0.05, 0) is 66.1 Å². The first-order chi connectivity index (χ1) is 15.6. The van der Waals surface area contributed by atoms with Crippen LogP contribution in [0.1, 0.15) is 30.9 Å². The van der Waals surface area contributed by atoms with Gasteiger partial charge in [-0.1, -0.05) is 56.8 Å². The fourth-order valence-electron chi connectivity index (χ4n) is 6.22. The summed E-state index contributed by atoms with van der Waals surface area (Å²) < 4.78 is 41.8. The second kappa shape index (κ2) is 12.9. The third-order valence-corrected chi connectivity index (χ3v) is 12.3. The van der Waals surface area contributed by atoms with Crippen molar-refractivity contribution in [3.63, 3.8) is 0 Å². The van der Waals surface area contributed by atoms with Crippen LogP contribution in [-0.2, 0) is 23.2 Å². The summed E-state index contributed by atoms with van der Waals surface area (Å²) in [6.07, 6.45) is 4.69. The molecule has 1 heterocycles. The van der Waals surface area contributed by atoms with Crippen molar-refractivity contribution in [2.24, 2.45) is 17.8 Å². The number of allylic oxidation sites excluding steroid dienone is 4. The van der Waals surface area contributed by atoms with Crippen LogP contribution in [0.25, 0.3) is 10.9 Å². The molecule has 1 aromatic rings. The van der Waals surface area contributed by atoms with Crippen molar-refractivity contribution >= 4 is 32.4 Å². The van der Waals surface area contributed by atoms with Gasteiger partial charge in [0.1, 0.15) is 8.24 Å². The van der Waals surface area contributed by atoms with Crippen molar-refractivity contribution in [3.05, 3.63) is 66.4 Å². The van der Waals surface area contributed by atoms with Crippen LogP contribution in [0.3, 0.4) is 0 Å². The average molecular weight is 567 g/mol. The molecule has 0 bridgehead atoms. The molecule has 0 radical (unpaired) electrons. The maximum atomic E-state index is 13.0. The van der Waals surface area contributed by atoms with Gasteiger partial charge in [-0.2, -0.15) is 13.2 Å². The predicted octanol–water partition coefficient (Wildman–Crippen LogP) is 8.41. The zero-order chi connectivity index (χ0) is 24.2. The van der Waals surface area contributed by atoms with Crippen LogP contribution < -0.4 is 0 Å². The standard InChI is InChI=1S/C24H32F3N2Si.CH3.2ClH.Ti/c1-4-17-16-22-20(18-8-10-19(11-9-18)24(25,26)27)6-5-7-21(22)23(17)30(2,3)29-14-12-28-13-15-29;;;;/h5-11,17,21-23H,4,12-16H2,1-3H3;1H3;2*1H;/q2*-1;;;+2/p-2. The Labute approximate surface area is 221 Å². The van der Waals surface area contributed by atoms with E-state index in [2.05, 4.69) is 48.1 Å².